The monoisotopic (exact) mass is 293 g/mol. The van der Waals surface area contributed by atoms with Crippen molar-refractivity contribution in [1.82, 2.24) is 4.90 Å². The summed E-state index contributed by atoms with van der Waals surface area (Å²) in [5.74, 6) is 0.0210. The van der Waals surface area contributed by atoms with Crippen LogP contribution in [0.4, 0.5) is 0 Å². The number of hydrogen-bond acceptors (Lipinski definition) is 3. The molecular weight excluding hydrogens is 266 g/mol. The topological polar surface area (TPSA) is 49.8 Å². The van der Waals surface area contributed by atoms with Gasteiger partial charge in [-0.3, -0.25) is 9.69 Å². The lowest BCUT2D eigenvalue weighted by Gasteiger charge is -2.36. The van der Waals surface area contributed by atoms with Crippen molar-refractivity contribution in [2.75, 3.05) is 19.7 Å². The van der Waals surface area contributed by atoms with Crippen LogP contribution < -0.4 is 4.74 Å². The van der Waals surface area contributed by atoms with Crippen LogP contribution in [0.3, 0.4) is 0 Å². The largest absolute Gasteiger partial charge is 0.494 e. The predicted octanol–water partition coefficient (Wildman–Crippen LogP) is 3.20. The number of carboxylic acid groups (broad SMARTS) is 1. The van der Waals surface area contributed by atoms with Crippen LogP contribution in [0.25, 0.3) is 0 Å². The van der Waals surface area contributed by atoms with Gasteiger partial charge in [0.2, 0.25) is 0 Å². The van der Waals surface area contributed by atoms with Gasteiger partial charge in [-0.05, 0) is 44.1 Å². The van der Waals surface area contributed by atoms with Gasteiger partial charge in [-0.1, -0.05) is 32.9 Å². The van der Waals surface area contributed by atoms with Gasteiger partial charge in [-0.15, -0.1) is 0 Å². The zero-order chi connectivity index (χ0) is 15.9. The molecule has 1 unspecified atom stereocenters. The summed E-state index contributed by atoms with van der Waals surface area (Å²) in [7, 11) is 0. The Morgan fingerprint density at radius 3 is 2.48 bits per heavy atom. The van der Waals surface area contributed by atoms with Crippen LogP contribution in [-0.2, 0) is 11.2 Å². The molecule has 4 nitrogen and oxygen atoms in total. The molecule has 1 aromatic rings. The van der Waals surface area contributed by atoms with Gasteiger partial charge >= 0.3 is 5.97 Å². The highest BCUT2D eigenvalue weighted by molar-refractivity contribution is 5.78. The first-order chi connectivity index (χ1) is 9.97. The molecule has 0 spiro atoms. The van der Waals surface area contributed by atoms with Crippen molar-refractivity contribution in [2.45, 2.75) is 46.1 Å². The minimum atomic E-state index is -0.896. The first-order valence-corrected chi connectivity index (χ1v) is 7.68. The van der Waals surface area contributed by atoms with Crippen molar-refractivity contribution >= 4 is 5.97 Å². The van der Waals surface area contributed by atoms with Crippen LogP contribution in [0, 0.1) is 0 Å². The second-order valence-electron chi connectivity index (χ2n) is 5.42. The van der Waals surface area contributed by atoms with Gasteiger partial charge in [0.05, 0.1) is 6.61 Å². The molecule has 0 aliphatic heterocycles. The third kappa shape index (κ3) is 4.46. The Balaban J connectivity index is 2.96. The van der Waals surface area contributed by atoms with Gasteiger partial charge in [0.1, 0.15) is 11.3 Å². The number of benzene rings is 1. The van der Waals surface area contributed by atoms with E-state index in [9.17, 15) is 9.90 Å². The van der Waals surface area contributed by atoms with E-state index in [1.54, 1.807) is 6.92 Å². The number of hydrogen-bond donors (Lipinski definition) is 1. The van der Waals surface area contributed by atoms with Gasteiger partial charge in [-0.2, -0.15) is 0 Å². The van der Waals surface area contributed by atoms with E-state index in [2.05, 4.69) is 6.92 Å². The molecule has 0 amide bonds. The number of ether oxygens (including phenoxy) is 1. The molecule has 1 rings (SSSR count). The van der Waals surface area contributed by atoms with Gasteiger partial charge in [-0.25, -0.2) is 0 Å². The molecule has 0 heterocycles. The average Bonchev–Trinajstić information content (AvgIpc) is 2.46. The number of carboxylic acids is 1. The van der Waals surface area contributed by atoms with Crippen LogP contribution in [0.5, 0.6) is 5.75 Å². The zero-order valence-corrected chi connectivity index (χ0v) is 13.6. The van der Waals surface area contributed by atoms with Crippen LogP contribution in [0.2, 0.25) is 0 Å². The van der Waals surface area contributed by atoms with E-state index < -0.39 is 11.5 Å². The summed E-state index contributed by atoms with van der Waals surface area (Å²) in [5.41, 5.74) is 0.0905. The summed E-state index contributed by atoms with van der Waals surface area (Å²) in [6, 6.07) is 7.74. The molecule has 118 valence electrons. The number of rotatable bonds is 9. The molecule has 4 heteroatoms. The third-order valence-electron chi connectivity index (χ3n) is 3.84. The molecule has 0 radical (unpaired) electrons. The van der Waals surface area contributed by atoms with Crippen molar-refractivity contribution in [1.29, 1.82) is 0 Å². The van der Waals surface area contributed by atoms with E-state index >= 15 is 0 Å². The summed E-state index contributed by atoms with van der Waals surface area (Å²) >= 11 is 0. The van der Waals surface area contributed by atoms with E-state index in [0.29, 0.717) is 26.1 Å². The molecule has 21 heavy (non-hydrogen) atoms. The van der Waals surface area contributed by atoms with Gasteiger partial charge in [0, 0.05) is 6.42 Å². The molecule has 0 fully saturated rings. The Kier molecular flexibility index (Phi) is 6.69. The van der Waals surface area contributed by atoms with Crippen LogP contribution >= 0.6 is 0 Å². The number of nitrogens with zero attached hydrogens (tertiary/aromatic N) is 1. The summed E-state index contributed by atoms with van der Waals surface area (Å²) in [4.78, 5) is 13.7. The van der Waals surface area contributed by atoms with Crippen molar-refractivity contribution < 1.29 is 14.6 Å². The second kappa shape index (κ2) is 8.03. The standard InChI is InChI=1S/C17H27NO3/c1-5-11-21-15-10-8-9-14(12-15)13-17(4,16(19)20)18(6-2)7-3/h8-10,12H,5-7,11,13H2,1-4H3,(H,19,20). The Bertz CT molecular complexity index is 457. The lowest BCUT2D eigenvalue weighted by atomic mass is 9.90. The molecule has 0 aliphatic rings. The average molecular weight is 293 g/mol. The fourth-order valence-corrected chi connectivity index (χ4v) is 2.61. The van der Waals surface area contributed by atoms with E-state index in [0.717, 1.165) is 17.7 Å². The highest BCUT2D eigenvalue weighted by atomic mass is 16.5. The fourth-order valence-electron chi connectivity index (χ4n) is 2.61. The molecule has 1 N–H and O–H groups in total. The molecule has 0 saturated heterocycles. The minimum Gasteiger partial charge on any atom is -0.494 e. The van der Waals surface area contributed by atoms with Gasteiger partial charge in [0.15, 0.2) is 0 Å². The van der Waals surface area contributed by atoms with E-state index in [4.69, 9.17) is 4.74 Å². The van der Waals surface area contributed by atoms with Crippen molar-refractivity contribution in [3.63, 3.8) is 0 Å². The minimum absolute atomic E-state index is 0.466. The number of aliphatic carboxylic acids is 1. The molecule has 0 aliphatic carbocycles. The second-order valence-corrected chi connectivity index (χ2v) is 5.42. The molecule has 1 atom stereocenters. The SMILES string of the molecule is CCCOc1cccc(CC(C)(C(=O)O)N(CC)CC)c1. The predicted molar refractivity (Wildman–Crippen MR) is 84.9 cm³/mol. The Morgan fingerprint density at radius 1 is 1.29 bits per heavy atom. The summed E-state index contributed by atoms with van der Waals surface area (Å²) in [6.45, 7) is 9.94. The molecule has 0 aromatic heterocycles. The first-order valence-electron chi connectivity index (χ1n) is 7.68. The maximum Gasteiger partial charge on any atom is 0.324 e. The quantitative estimate of drug-likeness (QED) is 0.759. The van der Waals surface area contributed by atoms with Crippen LogP contribution in [0.15, 0.2) is 24.3 Å². The Morgan fingerprint density at radius 2 is 1.95 bits per heavy atom. The Labute approximate surface area is 127 Å². The zero-order valence-electron chi connectivity index (χ0n) is 13.6. The maximum atomic E-state index is 11.8. The Hall–Kier alpha value is -1.55. The first kappa shape index (κ1) is 17.5. The maximum absolute atomic E-state index is 11.8. The van der Waals surface area contributed by atoms with Crippen LogP contribution in [-0.4, -0.2) is 41.2 Å². The smallest absolute Gasteiger partial charge is 0.324 e. The van der Waals surface area contributed by atoms with Crippen molar-refractivity contribution in [2.24, 2.45) is 0 Å². The van der Waals surface area contributed by atoms with Crippen molar-refractivity contribution in [3.8, 4) is 5.75 Å². The summed E-state index contributed by atoms with van der Waals surface area (Å²) in [5, 5.41) is 9.66. The summed E-state index contributed by atoms with van der Waals surface area (Å²) < 4.78 is 5.62. The number of likely N-dealkylation sites (N-methyl/N-ethyl adjacent to an activating group) is 1. The highest BCUT2D eigenvalue weighted by Crippen LogP contribution is 2.24. The van der Waals surface area contributed by atoms with E-state index in [1.165, 1.54) is 0 Å². The fraction of sp³-hybridized carbons (Fsp3) is 0.588. The summed E-state index contributed by atoms with van der Waals surface area (Å²) in [6.07, 6.45) is 1.42. The molecule has 0 saturated carbocycles. The normalized spacial score (nSPS) is 14.0. The molecule has 1 aromatic carbocycles. The van der Waals surface area contributed by atoms with E-state index in [-0.39, 0.29) is 0 Å². The molecular formula is C17H27NO3. The van der Waals surface area contributed by atoms with Gasteiger partial charge in [0.25, 0.3) is 0 Å². The lowest BCUT2D eigenvalue weighted by molar-refractivity contribution is -0.150. The highest BCUT2D eigenvalue weighted by Gasteiger charge is 2.38. The number of carbonyl (C=O) groups is 1. The van der Waals surface area contributed by atoms with Crippen molar-refractivity contribution in [3.05, 3.63) is 29.8 Å². The molecule has 0 bridgehead atoms. The van der Waals surface area contributed by atoms with Crippen LogP contribution in [0.1, 0.15) is 39.7 Å². The third-order valence-corrected chi connectivity index (χ3v) is 3.84. The van der Waals surface area contributed by atoms with Gasteiger partial charge < -0.3 is 9.84 Å². The van der Waals surface area contributed by atoms with E-state index in [1.807, 2.05) is 43.0 Å². The lowest BCUT2D eigenvalue weighted by Crippen LogP contribution is -2.53.